The molecule has 2 aromatic heterocycles. The quantitative estimate of drug-likeness (QED) is 0.675. The van der Waals surface area contributed by atoms with E-state index in [4.69, 9.17) is 8.94 Å². The number of benzene rings is 1. The summed E-state index contributed by atoms with van der Waals surface area (Å²) in [5, 5.41) is 13.4. The van der Waals surface area contributed by atoms with E-state index in [2.05, 4.69) is 20.7 Å². The minimum atomic E-state index is -3.96. The molecule has 0 unspecified atom stereocenters. The minimum Gasteiger partial charge on any atom is -0.400 e. The van der Waals surface area contributed by atoms with Crippen LogP contribution in [0.25, 0.3) is 11.7 Å². The number of nitrogens with one attached hydrogen (secondary N) is 1. The van der Waals surface area contributed by atoms with Gasteiger partial charge in [0.25, 0.3) is 5.89 Å². The highest BCUT2D eigenvalue weighted by Crippen LogP contribution is 2.27. The molecule has 0 bridgehead atoms. The first-order chi connectivity index (χ1) is 13.4. The fourth-order valence-electron chi connectivity index (χ4n) is 2.92. The van der Waals surface area contributed by atoms with Crippen molar-refractivity contribution >= 4 is 21.9 Å². The highest BCUT2D eigenvalue weighted by Gasteiger charge is 2.40. The van der Waals surface area contributed by atoms with Gasteiger partial charge in [0.1, 0.15) is 11.9 Å². The van der Waals surface area contributed by atoms with Crippen LogP contribution in [0.1, 0.15) is 12.8 Å². The van der Waals surface area contributed by atoms with Crippen LogP contribution in [0.2, 0.25) is 0 Å². The molecule has 0 radical (unpaired) electrons. The average Bonchev–Trinajstić information content (AvgIpc) is 3.42. The Hall–Kier alpha value is -3.12. The van der Waals surface area contributed by atoms with Gasteiger partial charge in [-0.3, -0.25) is 10.1 Å². The topological polar surface area (TPSA) is 131 Å². The Morgan fingerprint density at radius 2 is 2.00 bits per heavy atom. The predicted molar refractivity (Wildman–Crippen MR) is 91.7 cm³/mol. The van der Waals surface area contributed by atoms with E-state index in [0.717, 1.165) is 16.4 Å². The summed E-state index contributed by atoms with van der Waals surface area (Å²) in [6, 6.07) is 4.81. The number of rotatable bonds is 5. The van der Waals surface area contributed by atoms with E-state index in [9.17, 15) is 17.6 Å². The molecule has 12 heteroatoms. The molecular formula is C16H14FN5O5S. The van der Waals surface area contributed by atoms with Crippen LogP contribution in [0.15, 0.2) is 50.4 Å². The second-order valence-electron chi connectivity index (χ2n) is 6.01. The molecule has 1 N–H and O–H groups in total. The molecule has 1 aliphatic heterocycles. The van der Waals surface area contributed by atoms with Gasteiger partial charge in [-0.2, -0.15) is 4.31 Å². The number of sulfonamides is 1. The van der Waals surface area contributed by atoms with Crippen molar-refractivity contribution in [3.05, 3.63) is 42.3 Å². The average molecular weight is 407 g/mol. The van der Waals surface area contributed by atoms with Crippen molar-refractivity contribution in [1.82, 2.24) is 19.7 Å². The third-order valence-electron chi connectivity index (χ3n) is 4.23. The summed E-state index contributed by atoms with van der Waals surface area (Å²) >= 11 is 0. The Labute approximate surface area is 158 Å². The van der Waals surface area contributed by atoms with Gasteiger partial charge in [-0.25, -0.2) is 12.8 Å². The molecule has 1 saturated heterocycles. The molecule has 10 nitrogen and oxygen atoms in total. The largest absolute Gasteiger partial charge is 0.400 e. The zero-order valence-electron chi connectivity index (χ0n) is 14.3. The van der Waals surface area contributed by atoms with Crippen molar-refractivity contribution < 1.29 is 26.5 Å². The molecule has 0 saturated carbocycles. The summed E-state index contributed by atoms with van der Waals surface area (Å²) in [6.07, 6.45) is 2.23. The van der Waals surface area contributed by atoms with Gasteiger partial charge in [-0.15, -0.1) is 5.10 Å². The lowest BCUT2D eigenvalue weighted by Gasteiger charge is -2.22. The monoisotopic (exact) mass is 407 g/mol. The number of anilines is 1. The number of aromatic nitrogens is 3. The summed E-state index contributed by atoms with van der Waals surface area (Å²) in [4.78, 5) is 12.5. The fourth-order valence-corrected chi connectivity index (χ4v) is 4.58. The van der Waals surface area contributed by atoms with Crippen LogP contribution in [0.5, 0.6) is 0 Å². The molecule has 1 amide bonds. The molecule has 4 rings (SSSR count). The van der Waals surface area contributed by atoms with Crippen LogP contribution < -0.4 is 5.32 Å². The Morgan fingerprint density at radius 1 is 1.21 bits per heavy atom. The van der Waals surface area contributed by atoms with Gasteiger partial charge in [-0.05, 0) is 37.1 Å². The number of hydrogen-bond acceptors (Lipinski definition) is 8. The lowest BCUT2D eigenvalue weighted by atomic mass is 10.2. The van der Waals surface area contributed by atoms with E-state index in [1.807, 2.05) is 0 Å². The lowest BCUT2D eigenvalue weighted by molar-refractivity contribution is -0.119. The summed E-state index contributed by atoms with van der Waals surface area (Å²) in [7, 11) is -3.96. The fraction of sp³-hybridized carbons (Fsp3) is 0.250. The molecule has 1 aliphatic rings. The number of carbonyl (C=O) groups is 1. The van der Waals surface area contributed by atoms with Crippen molar-refractivity contribution in [2.75, 3.05) is 11.9 Å². The second kappa shape index (κ2) is 7.13. The molecule has 28 heavy (non-hydrogen) atoms. The van der Waals surface area contributed by atoms with Crippen molar-refractivity contribution in [2.45, 2.75) is 23.8 Å². The van der Waals surface area contributed by atoms with Crippen molar-refractivity contribution in [3.8, 4) is 11.7 Å². The van der Waals surface area contributed by atoms with E-state index in [-0.39, 0.29) is 29.1 Å². The number of nitrogens with zero attached hydrogens (tertiary/aromatic N) is 4. The second-order valence-corrected chi connectivity index (χ2v) is 7.90. The maximum Gasteiger partial charge on any atom is 0.322 e. The third kappa shape index (κ3) is 3.39. The Morgan fingerprint density at radius 3 is 2.71 bits per heavy atom. The number of carbonyl (C=O) groups excluding carboxylic acids is 1. The van der Waals surface area contributed by atoms with Gasteiger partial charge in [0, 0.05) is 12.6 Å². The molecule has 0 spiro atoms. The Bertz CT molecular complexity index is 1080. The van der Waals surface area contributed by atoms with Crippen molar-refractivity contribution in [3.63, 3.8) is 0 Å². The van der Waals surface area contributed by atoms with Crippen molar-refractivity contribution in [1.29, 1.82) is 0 Å². The highest BCUT2D eigenvalue weighted by molar-refractivity contribution is 7.89. The highest BCUT2D eigenvalue weighted by atomic mass is 32.2. The Kier molecular flexibility index (Phi) is 4.65. The van der Waals surface area contributed by atoms with E-state index in [1.54, 1.807) is 0 Å². The molecule has 1 aromatic carbocycles. The van der Waals surface area contributed by atoms with Crippen LogP contribution in [-0.4, -0.2) is 46.6 Å². The van der Waals surface area contributed by atoms with Gasteiger partial charge in [0.05, 0.1) is 11.1 Å². The van der Waals surface area contributed by atoms with E-state index in [0.29, 0.717) is 12.8 Å². The van der Waals surface area contributed by atoms with Crippen LogP contribution in [-0.2, 0) is 14.8 Å². The maximum atomic E-state index is 13.1. The predicted octanol–water partition coefficient (Wildman–Crippen LogP) is 1.66. The summed E-state index contributed by atoms with van der Waals surface area (Å²) in [5.41, 5.74) is 0. The summed E-state index contributed by atoms with van der Waals surface area (Å²) in [6.45, 7) is 0.172. The zero-order valence-corrected chi connectivity index (χ0v) is 15.1. The number of hydrogen-bond donors (Lipinski definition) is 1. The molecule has 0 aliphatic carbocycles. The van der Waals surface area contributed by atoms with E-state index < -0.39 is 27.8 Å². The number of amides is 1. The molecule has 1 fully saturated rings. The molecule has 3 aromatic rings. The first-order valence-corrected chi connectivity index (χ1v) is 9.72. The van der Waals surface area contributed by atoms with Crippen LogP contribution in [0.4, 0.5) is 10.4 Å². The third-order valence-corrected chi connectivity index (χ3v) is 6.15. The SMILES string of the molecule is O=C(Nc1nnc(-c2ccno2)o1)[C@@H]1CCCN1S(=O)(=O)c1ccc(F)cc1. The Balaban J connectivity index is 1.51. The normalized spacial score (nSPS) is 17.7. The summed E-state index contributed by atoms with van der Waals surface area (Å²) in [5.74, 6) is -0.894. The van der Waals surface area contributed by atoms with Crippen LogP contribution >= 0.6 is 0 Å². The van der Waals surface area contributed by atoms with Crippen LogP contribution in [0.3, 0.4) is 0 Å². The summed E-state index contributed by atoms with van der Waals surface area (Å²) < 4.78 is 50.0. The molecule has 146 valence electrons. The standard InChI is InChI=1S/C16H14FN5O5S/c17-10-3-5-11(6-4-10)28(24,25)22-9-1-2-12(22)14(23)19-16-21-20-15(26-16)13-7-8-18-27-13/h3-8,12H,1-2,9H2,(H,19,21,23)/t12-/m0/s1. The smallest absolute Gasteiger partial charge is 0.322 e. The van der Waals surface area contributed by atoms with Gasteiger partial charge in [0.15, 0.2) is 0 Å². The molecular weight excluding hydrogens is 393 g/mol. The van der Waals surface area contributed by atoms with Gasteiger partial charge < -0.3 is 8.94 Å². The molecule has 3 heterocycles. The first-order valence-electron chi connectivity index (χ1n) is 8.28. The van der Waals surface area contributed by atoms with Crippen LogP contribution in [0, 0.1) is 5.82 Å². The van der Waals surface area contributed by atoms with Gasteiger partial charge in [0.2, 0.25) is 21.7 Å². The van der Waals surface area contributed by atoms with E-state index >= 15 is 0 Å². The number of halogens is 1. The minimum absolute atomic E-state index is 0.0232. The first kappa shape index (κ1) is 18.3. The zero-order chi connectivity index (χ0) is 19.7. The van der Waals surface area contributed by atoms with Gasteiger partial charge in [-0.1, -0.05) is 10.3 Å². The van der Waals surface area contributed by atoms with E-state index in [1.165, 1.54) is 24.4 Å². The van der Waals surface area contributed by atoms with Gasteiger partial charge >= 0.3 is 6.01 Å². The van der Waals surface area contributed by atoms with Crippen molar-refractivity contribution in [2.24, 2.45) is 0 Å². The molecule has 1 atom stereocenters. The maximum absolute atomic E-state index is 13.1. The lowest BCUT2D eigenvalue weighted by Crippen LogP contribution is -2.43.